The summed E-state index contributed by atoms with van der Waals surface area (Å²) in [5, 5.41) is 11.5. The van der Waals surface area contributed by atoms with Crippen LogP contribution < -0.4 is 14.8 Å². The number of amides is 1. The van der Waals surface area contributed by atoms with Crippen LogP contribution in [0.25, 0.3) is 0 Å². The molecule has 0 aliphatic heterocycles. The van der Waals surface area contributed by atoms with Gasteiger partial charge in [0, 0.05) is 12.1 Å². The number of halogens is 1. The summed E-state index contributed by atoms with van der Waals surface area (Å²) in [7, 11) is 2.91. The third kappa shape index (κ3) is 2.77. The van der Waals surface area contributed by atoms with Gasteiger partial charge in [-0.25, -0.2) is 0 Å². The van der Waals surface area contributed by atoms with Gasteiger partial charge >= 0.3 is 0 Å². The van der Waals surface area contributed by atoms with Gasteiger partial charge in [0.05, 0.1) is 24.9 Å². The van der Waals surface area contributed by atoms with Gasteiger partial charge in [0.1, 0.15) is 18.1 Å². The summed E-state index contributed by atoms with van der Waals surface area (Å²) in [5.41, 5.74) is 0.391. The van der Waals surface area contributed by atoms with Crippen LogP contribution in [-0.4, -0.2) is 31.8 Å². The number of anilines is 1. The number of methoxy groups -OCH3 is 2. The Hall–Kier alpha value is -1.46. The largest absolute Gasteiger partial charge is 0.495 e. The van der Waals surface area contributed by atoms with Crippen molar-refractivity contribution < 1.29 is 19.4 Å². The molecule has 0 bridgehead atoms. The van der Waals surface area contributed by atoms with Crippen LogP contribution in [0.2, 0.25) is 5.02 Å². The van der Waals surface area contributed by atoms with Crippen molar-refractivity contribution in [2.24, 2.45) is 0 Å². The molecule has 0 atom stereocenters. The number of rotatable bonds is 4. The number of aliphatic hydroxyl groups is 1. The van der Waals surface area contributed by atoms with Crippen molar-refractivity contribution in [2.75, 3.05) is 26.1 Å². The van der Waals surface area contributed by atoms with E-state index in [4.69, 9.17) is 26.2 Å². The fourth-order valence-electron chi connectivity index (χ4n) is 1.15. The molecular weight excluding hydrogens is 234 g/mol. The van der Waals surface area contributed by atoms with Gasteiger partial charge < -0.3 is 19.9 Å². The summed E-state index contributed by atoms with van der Waals surface area (Å²) < 4.78 is 10.0. The van der Waals surface area contributed by atoms with Crippen LogP contribution in [-0.2, 0) is 4.79 Å². The Bertz CT molecular complexity index is 395. The molecule has 1 aromatic carbocycles. The molecule has 0 unspecified atom stereocenters. The van der Waals surface area contributed by atoms with Crippen molar-refractivity contribution >= 4 is 23.2 Å². The van der Waals surface area contributed by atoms with E-state index >= 15 is 0 Å². The van der Waals surface area contributed by atoms with Crippen LogP contribution in [0.15, 0.2) is 12.1 Å². The average Bonchev–Trinajstić information content (AvgIpc) is 2.30. The lowest BCUT2D eigenvalue weighted by atomic mass is 10.2. The molecule has 16 heavy (non-hydrogen) atoms. The minimum Gasteiger partial charge on any atom is -0.495 e. The van der Waals surface area contributed by atoms with E-state index in [-0.39, 0.29) is 0 Å². The molecule has 0 aliphatic carbocycles. The van der Waals surface area contributed by atoms with E-state index in [1.165, 1.54) is 26.4 Å². The molecule has 88 valence electrons. The molecule has 5 nitrogen and oxygen atoms in total. The van der Waals surface area contributed by atoms with Crippen LogP contribution in [0.5, 0.6) is 11.5 Å². The van der Waals surface area contributed by atoms with Gasteiger partial charge in [-0.1, -0.05) is 11.6 Å². The predicted molar refractivity (Wildman–Crippen MR) is 60.3 cm³/mol. The molecule has 0 saturated carbocycles. The number of carbonyl (C=O) groups excluding carboxylic acids is 1. The van der Waals surface area contributed by atoms with Gasteiger partial charge in [0.15, 0.2) is 0 Å². The molecular formula is C10H12ClNO4. The molecule has 0 heterocycles. The summed E-state index contributed by atoms with van der Waals surface area (Å²) in [6, 6.07) is 3.04. The van der Waals surface area contributed by atoms with E-state index in [1.807, 2.05) is 0 Å². The van der Waals surface area contributed by atoms with Gasteiger partial charge in [-0.3, -0.25) is 4.79 Å². The van der Waals surface area contributed by atoms with E-state index in [0.29, 0.717) is 22.2 Å². The van der Waals surface area contributed by atoms with E-state index < -0.39 is 12.5 Å². The maximum atomic E-state index is 11.0. The lowest BCUT2D eigenvalue weighted by Crippen LogP contribution is -2.16. The molecule has 2 N–H and O–H groups in total. The normalized spacial score (nSPS) is 9.75. The zero-order chi connectivity index (χ0) is 12.1. The zero-order valence-electron chi connectivity index (χ0n) is 8.91. The third-order valence-electron chi connectivity index (χ3n) is 1.89. The molecule has 0 radical (unpaired) electrons. The number of ether oxygens (including phenoxy) is 2. The Balaban J connectivity index is 3.09. The monoisotopic (exact) mass is 245 g/mol. The van der Waals surface area contributed by atoms with Crippen LogP contribution in [0.4, 0.5) is 5.69 Å². The smallest absolute Gasteiger partial charge is 0.250 e. The highest BCUT2D eigenvalue weighted by atomic mass is 35.5. The fourth-order valence-corrected chi connectivity index (χ4v) is 1.38. The minimum atomic E-state index is -0.603. The van der Waals surface area contributed by atoms with Crippen LogP contribution >= 0.6 is 11.6 Å². The van der Waals surface area contributed by atoms with Gasteiger partial charge in [-0.05, 0) is 0 Å². The van der Waals surface area contributed by atoms with Crippen molar-refractivity contribution in [3.63, 3.8) is 0 Å². The molecule has 1 aromatic rings. The average molecular weight is 246 g/mol. The van der Waals surface area contributed by atoms with Crippen molar-refractivity contribution in [3.8, 4) is 11.5 Å². The quantitative estimate of drug-likeness (QED) is 0.839. The molecule has 0 aliphatic rings. The minimum absolute atomic E-state index is 0.376. The third-order valence-corrected chi connectivity index (χ3v) is 2.19. The molecule has 0 aromatic heterocycles. The highest BCUT2D eigenvalue weighted by Gasteiger charge is 2.11. The second kappa shape index (κ2) is 5.58. The van der Waals surface area contributed by atoms with E-state index in [2.05, 4.69) is 5.32 Å². The van der Waals surface area contributed by atoms with Crippen molar-refractivity contribution in [1.82, 2.24) is 0 Å². The summed E-state index contributed by atoms with van der Waals surface area (Å²) in [6.07, 6.45) is 0. The summed E-state index contributed by atoms with van der Waals surface area (Å²) in [4.78, 5) is 11.0. The second-order valence-corrected chi connectivity index (χ2v) is 3.30. The number of carbonyl (C=O) groups is 1. The first-order valence-corrected chi connectivity index (χ1v) is 4.82. The first kappa shape index (κ1) is 12.6. The Kier molecular flexibility index (Phi) is 4.39. The zero-order valence-corrected chi connectivity index (χ0v) is 9.67. The summed E-state index contributed by atoms with van der Waals surface area (Å²) in [6.45, 7) is -0.603. The molecule has 0 fully saturated rings. The maximum absolute atomic E-state index is 11.0. The summed E-state index contributed by atoms with van der Waals surface area (Å²) >= 11 is 5.88. The Labute approximate surface area is 97.9 Å². The number of aliphatic hydroxyl groups excluding tert-OH is 1. The van der Waals surface area contributed by atoms with E-state index in [1.54, 1.807) is 0 Å². The SMILES string of the molecule is COc1cc(NC(=O)CO)c(OC)cc1Cl. The van der Waals surface area contributed by atoms with Crippen molar-refractivity contribution in [3.05, 3.63) is 17.2 Å². The number of hydrogen-bond acceptors (Lipinski definition) is 4. The van der Waals surface area contributed by atoms with Gasteiger partial charge in [0.2, 0.25) is 5.91 Å². The predicted octanol–water partition coefficient (Wildman–Crippen LogP) is 1.29. The molecule has 0 spiro atoms. The van der Waals surface area contributed by atoms with Crippen LogP contribution in [0.3, 0.4) is 0 Å². The Morgan fingerprint density at radius 2 is 2.00 bits per heavy atom. The highest BCUT2D eigenvalue weighted by molar-refractivity contribution is 6.32. The number of hydrogen-bond donors (Lipinski definition) is 2. The highest BCUT2D eigenvalue weighted by Crippen LogP contribution is 2.35. The lowest BCUT2D eigenvalue weighted by Gasteiger charge is -2.12. The first-order valence-electron chi connectivity index (χ1n) is 4.44. The van der Waals surface area contributed by atoms with Crippen LogP contribution in [0.1, 0.15) is 0 Å². The van der Waals surface area contributed by atoms with Crippen molar-refractivity contribution in [1.29, 1.82) is 0 Å². The molecule has 6 heteroatoms. The number of nitrogens with one attached hydrogen (secondary N) is 1. The maximum Gasteiger partial charge on any atom is 0.250 e. The molecule has 1 amide bonds. The van der Waals surface area contributed by atoms with E-state index in [0.717, 1.165) is 0 Å². The van der Waals surface area contributed by atoms with Gasteiger partial charge in [-0.2, -0.15) is 0 Å². The first-order chi connectivity index (χ1) is 7.62. The van der Waals surface area contributed by atoms with Gasteiger partial charge in [0.25, 0.3) is 0 Å². The molecule has 1 rings (SSSR count). The Morgan fingerprint density at radius 3 is 2.50 bits per heavy atom. The van der Waals surface area contributed by atoms with E-state index in [9.17, 15) is 4.79 Å². The lowest BCUT2D eigenvalue weighted by molar-refractivity contribution is -0.118. The van der Waals surface area contributed by atoms with Crippen molar-refractivity contribution in [2.45, 2.75) is 0 Å². The second-order valence-electron chi connectivity index (χ2n) is 2.89. The topological polar surface area (TPSA) is 67.8 Å². The number of benzene rings is 1. The molecule has 0 saturated heterocycles. The van der Waals surface area contributed by atoms with Crippen LogP contribution in [0, 0.1) is 0 Å². The van der Waals surface area contributed by atoms with Gasteiger partial charge in [-0.15, -0.1) is 0 Å². The fraction of sp³-hybridized carbons (Fsp3) is 0.300. The Morgan fingerprint density at radius 1 is 1.38 bits per heavy atom. The standard InChI is InChI=1S/C10H12ClNO4/c1-15-8-4-7(12-10(14)5-13)9(16-2)3-6(8)11/h3-4,13H,5H2,1-2H3,(H,12,14). The summed E-state index contributed by atoms with van der Waals surface area (Å²) in [5.74, 6) is 0.269.